The number of fused-ring (bicyclic) bond motifs is 1. The van der Waals surface area contributed by atoms with Crippen LogP contribution in [0, 0.1) is 11.6 Å². The normalized spacial score (nSPS) is 16.4. The highest BCUT2D eigenvalue weighted by Crippen LogP contribution is 2.34. The van der Waals surface area contributed by atoms with Crippen LogP contribution < -0.4 is 15.1 Å². The van der Waals surface area contributed by atoms with Gasteiger partial charge in [0.25, 0.3) is 5.91 Å². The van der Waals surface area contributed by atoms with Gasteiger partial charge in [-0.15, -0.1) is 0 Å². The van der Waals surface area contributed by atoms with Crippen LogP contribution in [-0.4, -0.2) is 76.3 Å². The molecular formula is C29H27ClF2N4O7S2. The molecule has 11 nitrogen and oxygen atoms in total. The fourth-order valence-corrected chi connectivity index (χ4v) is 8.31. The molecule has 4 aromatic carbocycles. The Bertz CT molecular complexity index is 1970. The molecule has 1 saturated heterocycles. The lowest BCUT2D eigenvalue weighted by Crippen LogP contribution is -2.61. The summed E-state index contributed by atoms with van der Waals surface area (Å²) in [6.45, 7) is -1.66. The summed E-state index contributed by atoms with van der Waals surface area (Å²) in [6.07, 6.45) is 0. The van der Waals surface area contributed by atoms with Gasteiger partial charge >= 0.3 is 0 Å². The minimum Gasteiger partial charge on any atom is -0.451 e. The number of carbonyl (C=O) groups excluding carboxylic acids is 1. The van der Waals surface area contributed by atoms with Crippen molar-refractivity contribution < 1.29 is 40.4 Å². The number of halogens is 3. The number of amides is 1. The van der Waals surface area contributed by atoms with Crippen LogP contribution in [-0.2, 0) is 24.8 Å². The van der Waals surface area contributed by atoms with Crippen LogP contribution in [0.15, 0.2) is 82.6 Å². The highest BCUT2D eigenvalue weighted by atomic mass is 35.5. The number of carbonyl (C=O) groups is 1. The Morgan fingerprint density at radius 2 is 1.62 bits per heavy atom. The van der Waals surface area contributed by atoms with E-state index >= 15 is 8.78 Å². The Morgan fingerprint density at radius 1 is 0.956 bits per heavy atom. The van der Waals surface area contributed by atoms with E-state index in [0.717, 1.165) is 9.99 Å². The van der Waals surface area contributed by atoms with Crippen molar-refractivity contribution in [3.63, 3.8) is 0 Å². The topological polar surface area (TPSA) is 137 Å². The fraction of sp³-hybridized carbons (Fsp3) is 0.207. The molecule has 0 aromatic heterocycles. The summed E-state index contributed by atoms with van der Waals surface area (Å²) in [7, 11) is -5.51. The lowest BCUT2D eigenvalue weighted by molar-refractivity contribution is -0.134. The van der Waals surface area contributed by atoms with E-state index in [0.29, 0.717) is 32.2 Å². The number of hydrogen-bond donors (Lipinski definition) is 2. The molecule has 16 heteroatoms. The molecule has 0 spiro atoms. The van der Waals surface area contributed by atoms with Gasteiger partial charge in [-0.1, -0.05) is 29.8 Å². The molecule has 4 aromatic rings. The van der Waals surface area contributed by atoms with Crippen molar-refractivity contribution in [2.45, 2.75) is 15.8 Å². The Kier molecular flexibility index (Phi) is 9.04. The van der Waals surface area contributed by atoms with Gasteiger partial charge in [-0.2, -0.15) is 8.61 Å². The minimum atomic E-state index is -4.81. The molecule has 0 aliphatic carbocycles. The molecule has 0 unspecified atom stereocenters. The molecule has 1 aliphatic heterocycles. The molecule has 45 heavy (non-hydrogen) atoms. The summed E-state index contributed by atoms with van der Waals surface area (Å²) >= 11 is 5.81. The number of benzene rings is 4. The largest absolute Gasteiger partial charge is 0.451 e. The summed E-state index contributed by atoms with van der Waals surface area (Å²) in [4.78, 5) is 13.6. The van der Waals surface area contributed by atoms with Crippen LogP contribution in [0.1, 0.15) is 0 Å². The molecule has 1 aliphatic rings. The molecule has 1 fully saturated rings. The molecule has 2 N–H and O–H groups in total. The maximum atomic E-state index is 15.0. The smallest absolute Gasteiger partial charge is 0.263 e. The number of sulfonamides is 2. The maximum Gasteiger partial charge on any atom is 0.263 e. The molecule has 5 rings (SSSR count). The first-order chi connectivity index (χ1) is 21.2. The first kappa shape index (κ1) is 32.5. The van der Waals surface area contributed by atoms with Gasteiger partial charge in [0.15, 0.2) is 17.4 Å². The van der Waals surface area contributed by atoms with Crippen molar-refractivity contribution >= 4 is 54.0 Å². The molecular weight excluding hydrogens is 654 g/mol. The van der Waals surface area contributed by atoms with Gasteiger partial charge < -0.3 is 9.64 Å². The zero-order valence-electron chi connectivity index (χ0n) is 23.8. The van der Waals surface area contributed by atoms with Crippen LogP contribution in [0.4, 0.5) is 14.5 Å². The lowest BCUT2D eigenvalue weighted by Gasteiger charge is -2.38. The Morgan fingerprint density at radius 3 is 2.24 bits per heavy atom. The van der Waals surface area contributed by atoms with E-state index in [-0.39, 0.29) is 10.6 Å². The molecule has 0 radical (unpaired) electrons. The van der Waals surface area contributed by atoms with E-state index in [1.165, 1.54) is 35.8 Å². The van der Waals surface area contributed by atoms with E-state index in [2.05, 4.69) is 0 Å². The van der Waals surface area contributed by atoms with E-state index in [4.69, 9.17) is 16.3 Å². The van der Waals surface area contributed by atoms with Crippen molar-refractivity contribution in [3.8, 4) is 11.5 Å². The number of rotatable bonds is 8. The summed E-state index contributed by atoms with van der Waals surface area (Å²) < 4.78 is 91.9. The SMILES string of the molecule is CN(C)c1ccc2cccc(S(=O)(=O)N3CCN(S(=O)(=O)c4cc(F)c(Oc5ccc(Cl)cc5)c(F)c4)[C@H](C(=O)NO)C3)c2c1. The lowest BCUT2D eigenvalue weighted by atomic mass is 10.1. The predicted octanol–water partition coefficient (Wildman–Crippen LogP) is 4.20. The monoisotopic (exact) mass is 680 g/mol. The zero-order chi connectivity index (χ0) is 32.7. The van der Waals surface area contributed by atoms with Crippen LogP contribution in [0.3, 0.4) is 0 Å². The third-order valence-electron chi connectivity index (χ3n) is 7.28. The standard InChI is InChI=1S/C29H27ClF2N4O7S2/c1-34(2)20-9-6-18-4-3-5-27(23(18)14-20)45(41,42)35-12-13-36(26(17-35)29(37)33-38)44(39,40)22-15-24(31)28(25(32)16-22)43-21-10-7-19(30)8-11-21/h3-11,14-16,26,38H,12-13,17H2,1-2H3,(H,33,37)/t26-/m0/s1. The molecule has 1 atom stereocenters. The quantitative estimate of drug-likeness (QED) is 0.209. The van der Waals surface area contributed by atoms with Gasteiger partial charge in [0.1, 0.15) is 11.8 Å². The maximum absolute atomic E-state index is 15.0. The second-order valence-corrected chi connectivity index (χ2v) is 14.5. The van der Waals surface area contributed by atoms with Crippen molar-refractivity contribution in [1.29, 1.82) is 0 Å². The minimum absolute atomic E-state index is 0.0361. The Hall–Kier alpha value is -3.86. The van der Waals surface area contributed by atoms with Gasteiger partial charge in [0.05, 0.1) is 9.79 Å². The third kappa shape index (κ3) is 6.32. The van der Waals surface area contributed by atoms with Crippen molar-refractivity contribution in [3.05, 3.63) is 89.5 Å². The molecule has 0 saturated carbocycles. The van der Waals surface area contributed by atoms with E-state index in [9.17, 15) is 26.8 Å². The van der Waals surface area contributed by atoms with Gasteiger partial charge in [0.2, 0.25) is 20.0 Å². The second-order valence-electron chi connectivity index (χ2n) is 10.3. The van der Waals surface area contributed by atoms with Crippen molar-refractivity contribution in [2.24, 2.45) is 0 Å². The molecule has 0 bridgehead atoms. The Balaban J connectivity index is 1.47. The van der Waals surface area contributed by atoms with E-state index < -0.39 is 73.9 Å². The Labute approximate surface area is 263 Å². The average Bonchev–Trinajstić information content (AvgIpc) is 3.02. The first-order valence-corrected chi connectivity index (χ1v) is 16.6. The number of hydrogen-bond acceptors (Lipinski definition) is 8. The second kappa shape index (κ2) is 12.5. The first-order valence-electron chi connectivity index (χ1n) is 13.3. The van der Waals surface area contributed by atoms with Gasteiger partial charge in [-0.05, 0) is 60.0 Å². The third-order valence-corrected chi connectivity index (χ3v) is 11.3. The number of ether oxygens (including phenoxy) is 1. The van der Waals surface area contributed by atoms with Crippen LogP contribution >= 0.6 is 11.6 Å². The molecule has 238 valence electrons. The predicted molar refractivity (Wildman–Crippen MR) is 163 cm³/mol. The summed E-state index contributed by atoms with van der Waals surface area (Å²) in [5.41, 5.74) is 2.10. The number of piperazine rings is 1. The average molecular weight is 681 g/mol. The van der Waals surface area contributed by atoms with Crippen LogP contribution in [0.2, 0.25) is 5.02 Å². The van der Waals surface area contributed by atoms with Crippen molar-refractivity contribution in [1.82, 2.24) is 14.1 Å². The fourth-order valence-electron chi connectivity index (χ4n) is 4.95. The number of hydroxylamine groups is 1. The number of anilines is 1. The molecule has 1 amide bonds. The van der Waals surface area contributed by atoms with Crippen molar-refractivity contribution in [2.75, 3.05) is 38.6 Å². The summed E-state index contributed by atoms with van der Waals surface area (Å²) in [6, 6.07) is 14.8. The van der Waals surface area contributed by atoms with E-state index in [1.807, 2.05) is 6.07 Å². The van der Waals surface area contributed by atoms with Gasteiger partial charge in [0, 0.05) is 49.8 Å². The highest BCUT2D eigenvalue weighted by Gasteiger charge is 2.44. The van der Waals surface area contributed by atoms with E-state index in [1.54, 1.807) is 43.3 Å². The number of nitrogens with zero attached hydrogens (tertiary/aromatic N) is 3. The van der Waals surface area contributed by atoms with Crippen LogP contribution in [0.25, 0.3) is 10.8 Å². The van der Waals surface area contributed by atoms with Gasteiger partial charge in [-0.3, -0.25) is 10.0 Å². The highest BCUT2D eigenvalue weighted by molar-refractivity contribution is 7.89. The summed E-state index contributed by atoms with van der Waals surface area (Å²) in [5.74, 6) is -4.77. The van der Waals surface area contributed by atoms with Crippen LogP contribution in [0.5, 0.6) is 11.5 Å². The summed E-state index contributed by atoms with van der Waals surface area (Å²) in [5, 5.41) is 10.8. The van der Waals surface area contributed by atoms with Gasteiger partial charge in [-0.25, -0.2) is 31.1 Å². The molecule has 1 heterocycles. The zero-order valence-corrected chi connectivity index (χ0v) is 26.2. The number of nitrogens with one attached hydrogen (secondary N) is 1.